The van der Waals surface area contributed by atoms with Gasteiger partial charge in [0.05, 0.1) is 11.5 Å². The number of hydrogen-bond acceptors (Lipinski definition) is 7. The second-order valence-corrected chi connectivity index (χ2v) is 7.43. The minimum Gasteiger partial charge on any atom is -0.477 e. The molecule has 0 radical (unpaired) electrons. The predicted molar refractivity (Wildman–Crippen MR) is 102 cm³/mol. The van der Waals surface area contributed by atoms with Crippen LogP contribution in [0.1, 0.15) is 17.3 Å². The van der Waals surface area contributed by atoms with Crippen LogP contribution in [0.25, 0.3) is 16.2 Å². The summed E-state index contributed by atoms with van der Waals surface area (Å²) in [6, 6.07) is 3.40. The summed E-state index contributed by atoms with van der Waals surface area (Å²) in [4.78, 5) is 35.1. The van der Waals surface area contributed by atoms with Crippen molar-refractivity contribution in [2.24, 2.45) is 5.92 Å². The fraction of sp³-hybridized carbons (Fsp3) is 0.333. The number of aromatic nitrogens is 3. The Bertz CT molecular complexity index is 1060. The Morgan fingerprint density at radius 3 is 2.81 bits per heavy atom. The van der Waals surface area contributed by atoms with Gasteiger partial charge in [0.1, 0.15) is 11.4 Å². The highest BCUT2D eigenvalue weighted by atomic mass is 32.1. The van der Waals surface area contributed by atoms with Crippen LogP contribution < -0.4 is 10.3 Å². The Hall–Kier alpha value is -2.78. The Labute approximate surface area is 158 Å². The molecule has 8 nitrogen and oxygen atoms in total. The highest BCUT2D eigenvalue weighted by molar-refractivity contribution is 7.12. The van der Waals surface area contributed by atoms with E-state index in [1.54, 1.807) is 35.4 Å². The van der Waals surface area contributed by atoms with Gasteiger partial charge in [0, 0.05) is 43.9 Å². The molecule has 1 aliphatic heterocycles. The molecule has 0 saturated carbocycles. The number of ether oxygens (including phenoxy) is 1. The minimum atomic E-state index is -1.27. The molecule has 1 saturated heterocycles. The van der Waals surface area contributed by atoms with Crippen LogP contribution in [0, 0.1) is 5.92 Å². The molecular weight excluding hydrogens is 368 g/mol. The van der Waals surface area contributed by atoms with Gasteiger partial charge in [-0.25, -0.2) is 14.8 Å². The third-order valence-corrected chi connectivity index (χ3v) is 5.63. The van der Waals surface area contributed by atoms with Crippen molar-refractivity contribution < 1.29 is 14.6 Å². The van der Waals surface area contributed by atoms with Crippen LogP contribution in [0.4, 0.5) is 5.82 Å². The van der Waals surface area contributed by atoms with E-state index in [1.165, 1.54) is 17.5 Å². The van der Waals surface area contributed by atoms with Crippen LogP contribution in [-0.2, 0) is 4.74 Å². The summed E-state index contributed by atoms with van der Waals surface area (Å²) in [5, 5.41) is 12.0. The molecule has 3 aromatic heterocycles. The molecule has 2 atom stereocenters. The number of anilines is 1. The molecule has 1 fully saturated rings. The SMILES string of the molecule is CO[C@H]1CN(c2ccc3c(=O)c(C(=O)O)cn(-c4nccs4)c3n2)C[C@@H]1C. The number of carboxylic acid groups (broad SMARTS) is 1. The fourth-order valence-electron chi connectivity index (χ4n) is 3.43. The number of carbonyl (C=O) groups is 1. The molecule has 0 unspecified atom stereocenters. The highest BCUT2D eigenvalue weighted by Gasteiger charge is 2.30. The van der Waals surface area contributed by atoms with Crippen molar-refractivity contribution in [2.75, 3.05) is 25.1 Å². The van der Waals surface area contributed by atoms with Crippen molar-refractivity contribution in [2.45, 2.75) is 13.0 Å². The minimum absolute atomic E-state index is 0.123. The Kier molecular flexibility index (Phi) is 4.40. The normalized spacial score (nSPS) is 19.7. The van der Waals surface area contributed by atoms with Crippen molar-refractivity contribution >= 4 is 34.2 Å². The van der Waals surface area contributed by atoms with Crippen LogP contribution >= 0.6 is 11.3 Å². The van der Waals surface area contributed by atoms with Gasteiger partial charge in [-0.05, 0) is 12.1 Å². The van der Waals surface area contributed by atoms with Crippen molar-refractivity contribution in [3.8, 4) is 5.13 Å². The molecule has 0 amide bonds. The van der Waals surface area contributed by atoms with E-state index in [-0.39, 0.29) is 17.1 Å². The molecular formula is C18H18N4O4S. The highest BCUT2D eigenvalue weighted by Crippen LogP contribution is 2.26. The molecule has 9 heteroatoms. The third-order valence-electron chi connectivity index (χ3n) is 4.86. The first-order valence-electron chi connectivity index (χ1n) is 8.47. The quantitative estimate of drug-likeness (QED) is 0.732. The van der Waals surface area contributed by atoms with Gasteiger partial charge in [0.15, 0.2) is 10.8 Å². The standard InChI is InChI=1S/C18H18N4O4S/c1-10-7-21(9-13(10)26-2)14-4-3-11-15(23)12(17(24)25)8-22(16(11)20-14)18-19-5-6-27-18/h3-6,8,10,13H,7,9H2,1-2H3,(H,24,25)/t10-,13-/m0/s1. The van der Waals surface area contributed by atoms with E-state index >= 15 is 0 Å². The van der Waals surface area contributed by atoms with E-state index in [4.69, 9.17) is 4.74 Å². The van der Waals surface area contributed by atoms with Crippen LogP contribution in [0.3, 0.4) is 0 Å². The number of aromatic carboxylic acids is 1. The van der Waals surface area contributed by atoms with E-state index in [1.807, 2.05) is 0 Å². The molecule has 27 heavy (non-hydrogen) atoms. The lowest BCUT2D eigenvalue weighted by atomic mass is 10.1. The number of fused-ring (bicyclic) bond motifs is 1. The molecule has 1 N–H and O–H groups in total. The maximum absolute atomic E-state index is 12.6. The number of thiazole rings is 1. The Balaban J connectivity index is 1.90. The average molecular weight is 386 g/mol. The molecule has 3 aromatic rings. The van der Waals surface area contributed by atoms with Crippen molar-refractivity contribution in [1.82, 2.24) is 14.5 Å². The van der Waals surface area contributed by atoms with E-state index in [2.05, 4.69) is 21.8 Å². The number of methoxy groups -OCH3 is 1. The summed E-state index contributed by atoms with van der Waals surface area (Å²) in [6.45, 7) is 3.64. The van der Waals surface area contributed by atoms with Crippen molar-refractivity contribution in [3.05, 3.63) is 45.7 Å². The molecule has 0 aliphatic carbocycles. The van der Waals surface area contributed by atoms with E-state index in [0.717, 1.165) is 12.4 Å². The zero-order valence-corrected chi connectivity index (χ0v) is 15.6. The monoisotopic (exact) mass is 386 g/mol. The smallest absolute Gasteiger partial charge is 0.341 e. The molecule has 0 spiro atoms. The summed E-state index contributed by atoms with van der Waals surface area (Å²) in [5.74, 6) is -0.183. The van der Waals surface area contributed by atoms with E-state index in [0.29, 0.717) is 23.2 Å². The predicted octanol–water partition coefficient (Wildman–Crippen LogP) is 2.01. The third kappa shape index (κ3) is 2.98. The Morgan fingerprint density at radius 2 is 2.19 bits per heavy atom. The first-order valence-corrected chi connectivity index (χ1v) is 9.35. The maximum Gasteiger partial charge on any atom is 0.341 e. The van der Waals surface area contributed by atoms with Gasteiger partial charge in [-0.2, -0.15) is 0 Å². The van der Waals surface area contributed by atoms with E-state index in [9.17, 15) is 14.7 Å². The van der Waals surface area contributed by atoms with Crippen LogP contribution in [0.15, 0.2) is 34.7 Å². The van der Waals surface area contributed by atoms with Crippen LogP contribution in [0.5, 0.6) is 0 Å². The fourth-order valence-corrected chi connectivity index (χ4v) is 4.05. The molecule has 1 aliphatic rings. The lowest BCUT2D eigenvalue weighted by molar-refractivity contribution is 0.0695. The van der Waals surface area contributed by atoms with Gasteiger partial charge in [-0.3, -0.25) is 9.36 Å². The topological polar surface area (TPSA) is 97.6 Å². The molecule has 4 rings (SSSR count). The molecule has 0 bridgehead atoms. The molecule has 4 heterocycles. The lowest BCUT2D eigenvalue weighted by Crippen LogP contribution is -2.24. The summed E-state index contributed by atoms with van der Waals surface area (Å²) >= 11 is 1.34. The van der Waals surface area contributed by atoms with E-state index < -0.39 is 11.4 Å². The zero-order chi connectivity index (χ0) is 19.1. The second kappa shape index (κ2) is 6.75. The number of rotatable bonds is 4. The van der Waals surface area contributed by atoms with Gasteiger partial charge in [-0.1, -0.05) is 6.92 Å². The largest absolute Gasteiger partial charge is 0.477 e. The summed E-state index contributed by atoms with van der Waals surface area (Å²) in [7, 11) is 1.70. The zero-order valence-electron chi connectivity index (χ0n) is 14.8. The Morgan fingerprint density at radius 1 is 1.37 bits per heavy atom. The summed E-state index contributed by atoms with van der Waals surface area (Å²) in [5.41, 5.74) is -0.457. The first-order chi connectivity index (χ1) is 13.0. The van der Waals surface area contributed by atoms with Crippen molar-refractivity contribution in [3.63, 3.8) is 0 Å². The lowest BCUT2D eigenvalue weighted by Gasteiger charge is -2.18. The first kappa shape index (κ1) is 17.6. The second-order valence-electron chi connectivity index (χ2n) is 6.56. The number of pyridine rings is 2. The molecule has 140 valence electrons. The maximum atomic E-state index is 12.6. The summed E-state index contributed by atoms with van der Waals surface area (Å²) in [6.07, 6.45) is 3.05. The average Bonchev–Trinajstić information content (AvgIpc) is 3.31. The number of carboxylic acids is 1. The van der Waals surface area contributed by atoms with Crippen LogP contribution in [0.2, 0.25) is 0 Å². The summed E-state index contributed by atoms with van der Waals surface area (Å²) < 4.78 is 7.08. The van der Waals surface area contributed by atoms with Gasteiger partial charge in [0.25, 0.3) is 0 Å². The van der Waals surface area contributed by atoms with Gasteiger partial charge < -0.3 is 14.7 Å². The molecule has 0 aromatic carbocycles. The number of nitrogens with zero attached hydrogens (tertiary/aromatic N) is 4. The van der Waals surface area contributed by atoms with Crippen molar-refractivity contribution in [1.29, 1.82) is 0 Å². The number of hydrogen-bond donors (Lipinski definition) is 1. The van der Waals surface area contributed by atoms with Crippen LogP contribution in [-0.4, -0.2) is 51.9 Å². The van der Waals surface area contributed by atoms with Gasteiger partial charge in [0.2, 0.25) is 5.43 Å². The van der Waals surface area contributed by atoms with Gasteiger partial charge in [-0.15, -0.1) is 11.3 Å². The van der Waals surface area contributed by atoms with Gasteiger partial charge >= 0.3 is 5.97 Å².